The zero-order valence-electron chi connectivity index (χ0n) is 13.1. The van der Waals surface area contributed by atoms with E-state index in [-0.39, 0.29) is 17.8 Å². The van der Waals surface area contributed by atoms with Gasteiger partial charge in [-0.1, -0.05) is 0 Å². The van der Waals surface area contributed by atoms with E-state index in [0.29, 0.717) is 17.9 Å². The Morgan fingerprint density at radius 2 is 2.22 bits per heavy atom. The number of ether oxygens (including phenoxy) is 1. The van der Waals surface area contributed by atoms with E-state index in [9.17, 15) is 9.18 Å². The van der Waals surface area contributed by atoms with Crippen LogP contribution in [0.3, 0.4) is 0 Å². The Kier molecular flexibility index (Phi) is 4.71. The van der Waals surface area contributed by atoms with Crippen molar-refractivity contribution in [1.29, 1.82) is 0 Å². The van der Waals surface area contributed by atoms with E-state index in [0.717, 1.165) is 31.4 Å². The first-order valence-corrected chi connectivity index (χ1v) is 7.82. The summed E-state index contributed by atoms with van der Waals surface area (Å²) in [7, 11) is 1.82. The van der Waals surface area contributed by atoms with Gasteiger partial charge in [-0.3, -0.25) is 4.79 Å². The lowest BCUT2D eigenvalue weighted by molar-refractivity contribution is -0.116. The number of nitrogens with one attached hydrogen (secondary N) is 1. The maximum absolute atomic E-state index is 13.1. The molecule has 1 atom stereocenters. The standard InChI is InChI=1S/C17H20FN3O2/c1-21-11-19-16(12-4-6-13(18)7-5-12)17(21)20-15(22)9-8-14-3-2-10-23-14/h4-7,11,14H,2-3,8-10H2,1H3,(H,20,22)/t14-/m1/s1. The number of aryl methyl sites for hydroxylation is 1. The van der Waals surface area contributed by atoms with Gasteiger partial charge in [-0.2, -0.15) is 0 Å². The molecule has 1 aromatic carbocycles. The largest absolute Gasteiger partial charge is 0.378 e. The minimum absolute atomic E-state index is 0.0625. The van der Waals surface area contributed by atoms with Gasteiger partial charge >= 0.3 is 0 Å². The van der Waals surface area contributed by atoms with Crippen molar-refractivity contribution in [1.82, 2.24) is 9.55 Å². The van der Waals surface area contributed by atoms with Crippen LogP contribution in [0.4, 0.5) is 10.2 Å². The van der Waals surface area contributed by atoms with Crippen LogP contribution in [-0.4, -0.2) is 28.2 Å². The lowest BCUT2D eigenvalue weighted by atomic mass is 10.1. The fourth-order valence-corrected chi connectivity index (χ4v) is 2.76. The Morgan fingerprint density at radius 1 is 1.43 bits per heavy atom. The van der Waals surface area contributed by atoms with Crippen LogP contribution < -0.4 is 5.32 Å². The molecule has 3 rings (SSSR count). The van der Waals surface area contributed by atoms with Crippen LogP contribution in [0.15, 0.2) is 30.6 Å². The highest BCUT2D eigenvalue weighted by Gasteiger charge is 2.18. The maximum Gasteiger partial charge on any atom is 0.225 e. The number of imidazole rings is 1. The van der Waals surface area contributed by atoms with Crippen molar-refractivity contribution in [2.75, 3.05) is 11.9 Å². The summed E-state index contributed by atoms with van der Waals surface area (Å²) in [6, 6.07) is 6.07. The first-order valence-electron chi connectivity index (χ1n) is 7.82. The van der Waals surface area contributed by atoms with Gasteiger partial charge < -0.3 is 14.6 Å². The molecule has 1 aliphatic rings. The second-order valence-corrected chi connectivity index (χ2v) is 5.78. The summed E-state index contributed by atoms with van der Waals surface area (Å²) in [5, 5.41) is 2.91. The zero-order valence-corrected chi connectivity index (χ0v) is 13.1. The monoisotopic (exact) mass is 317 g/mol. The molecule has 0 saturated carbocycles. The SMILES string of the molecule is Cn1cnc(-c2ccc(F)cc2)c1NC(=O)CC[C@H]1CCCO1. The predicted molar refractivity (Wildman–Crippen MR) is 85.4 cm³/mol. The van der Waals surface area contributed by atoms with Crippen LogP contribution in [-0.2, 0) is 16.6 Å². The van der Waals surface area contributed by atoms with Crippen LogP contribution in [0.5, 0.6) is 0 Å². The number of carbonyl (C=O) groups is 1. The van der Waals surface area contributed by atoms with Gasteiger partial charge in [0.25, 0.3) is 0 Å². The molecule has 2 heterocycles. The Morgan fingerprint density at radius 3 is 2.91 bits per heavy atom. The zero-order chi connectivity index (χ0) is 16.2. The molecule has 1 amide bonds. The molecule has 0 bridgehead atoms. The van der Waals surface area contributed by atoms with Gasteiger partial charge in [-0.05, 0) is 43.5 Å². The molecule has 1 aliphatic heterocycles. The molecular weight excluding hydrogens is 297 g/mol. The molecule has 122 valence electrons. The Labute approximate surface area is 134 Å². The summed E-state index contributed by atoms with van der Waals surface area (Å²) in [6.45, 7) is 0.794. The molecule has 0 unspecified atom stereocenters. The average Bonchev–Trinajstić information content (AvgIpc) is 3.17. The van der Waals surface area contributed by atoms with E-state index in [1.807, 2.05) is 7.05 Å². The summed E-state index contributed by atoms with van der Waals surface area (Å²) < 4.78 is 20.3. The molecule has 0 spiro atoms. The van der Waals surface area contributed by atoms with Crippen molar-refractivity contribution < 1.29 is 13.9 Å². The fourth-order valence-electron chi connectivity index (χ4n) is 2.76. The number of carbonyl (C=O) groups excluding carboxylic acids is 1. The molecule has 2 aromatic rings. The normalized spacial score (nSPS) is 17.4. The van der Waals surface area contributed by atoms with Crippen molar-refractivity contribution in [2.24, 2.45) is 7.05 Å². The van der Waals surface area contributed by atoms with Crippen molar-refractivity contribution in [3.63, 3.8) is 0 Å². The van der Waals surface area contributed by atoms with Gasteiger partial charge in [0.1, 0.15) is 17.3 Å². The van der Waals surface area contributed by atoms with Gasteiger partial charge in [0.05, 0.1) is 12.4 Å². The van der Waals surface area contributed by atoms with Crippen LogP contribution in [0.2, 0.25) is 0 Å². The van der Waals surface area contributed by atoms with Gasteiger partial charge in [-0.25, -0.2) is 9.37 Å². The third-order valence-corrected chi connectivity index (χ3v) is 4.03. The van der Waals surface area contributed by atoms with E-state index in [1.54, 1.807) is 23.0 Å². The first kappa shape index (κ1) is 15.7. The highest BCUT2D eigenvalue weighted by atomic mass is 19.1. The molecule has 5 nitrogen and oxygen atoms in total. The maximum atomic E-state index is 13.1. The highest BCUT2D eigenvalue weighted by molar-refractivity contribution is 5.93. The van der Waals surface area contributed by atoms with E-state index in [1.165, 1.54) is 12.1 Å². The van der Waals surface area contributed by atoms with Crippen LogP contribution in [0.1, 0.15) is 25.7 Å². The number of anilines is 1. The summed E-state index contributed by atoms with van der Waals surface area (Å²) in [5.41, 5.74) is 1.40. The lowest BCUT2D eigenvalue weighted by Gasteiger charge is -2.11. The van der Waals surface area contributed by atoms with E-state index in [4.69, 9.17) is 4.74 Å². The number of benzene rings is 1. The van der Waals surface area contributed by atoms with E-state index in [2.05, 4.69) is 10.3 Å². The number of halogens is 1. The molecular formula is C17H20FN3O2. The van der Waals surface area contributed by atoms with Gasteiger partial charge in [0, 0.05) is 25.6 Å². The molecule has 1 N–H and O–H groups in total. The van der Waals surface area contributed by atoms with Crippen molar-refractivity contribution in [3.8, 4) is 11.3 Å². The smallest absolute Gasteiger partial charge is 0.225 e. The summed E-state index contributed by atoms with van der Waals surface area (Å²) >= 11 is 0. The number of hydrogen-bond acceptors (Lipinski definition) is 3. The molecule has 1 fully saturated rings. The Balaban J connectivity index is 1.68. The van der Waals surface area contributed by atoms with Crippen LogP contribution in [0, 0.1) is 5.82 Å². The predicted octanol–water partition coefficient (Wildman–Crippen LogP) is 3.12. The minimum atomic E-state index is -0.299. The summed E-state index contributed by atoms with van der Waals surface area (Å²) in [5.74, 6) is 0.258. The number of nitrogens with zero attached hydrogens (tertiary/aromatic N) is 2. The number of rotatable bonds is 5. The highest BCUT2D eigenvalue weighted by Crippen LogP contribution is 2.26. The Bertz CT molecular complexity index is 676. The lowest BCUT2D eigenvalue weighted by Crippen LogP contribution is -2.17. The summed E-state index contributed by atoms with van der Waals surface area (Å²) in [6.07, 6.45) is 5.08. The number of amides is 1. The molecule has 1 aromatic heterocycles. The molecule has 23 heavy (non-hydrogen) atoms. The van der Waals surface area contributed by atoms with Gasteiger partial charge in [-0.15, -0.1) is 0 Å². The third-order valence-electron chi connectivity index (χ3n) is 4.03. The molecule has 0 radical (unpaired) electrons. The first-order chi connectivity index (χ1) is 11.1. The number of hydrogen-bond donors (Lipinski definition) is 1. The van der Waals surface area contributed by atoms with Crippen molar-refractivity contribution in [3.05, 3.63) is 36.4 Å². The Hall–Kier alpha value is -2.21. The van der Waals surface area contributed by atoms with Crippen molar-refractivity contribution in [2.45, 2.75) is 31.8 Å². The number of aromatic nitrogens is 2. The van der Waals surface area contributed by atoms with Gasteiger partial charge in [0.2, 0.25) is 5.91 Å². The summed E-state index contributed by atoms with van der Waals surface area (Å²) in [4.78, 5) is 16.5. The van der Waals surface area contributed by atoms with Gasteiger partial charge in [0.15, 0.2) is 0 Å². The molecule has 6 heteroatoms. The molecule has 1 saturated heterocycles. The quantitative estimate of drug-likeness (QED) is 0.922. The van der Waals surface area contributed by atoms with Crippen LogP contribution in [0.25, 0.3) is 11.3 Å². The van der Waals surface area contributed by atoms with Crippen LogP contribution >= 0.6 is 0 Å². The minimum Gasteiger partial charge on any atom is -0.378 e. The fraction of sp³-hybridized carbons (Fsp3) is 0.412. The third kappa shape index (κ3) is 3.76. The van der Waals surface area contributed by atoms with E-state index >= 15 is 0 Å². The topological polar surface area (TPSA) is 56.2 Å². The average molecular weight is 317 g/mol. The van der Waals surface area contributed by atoms with Crippen molar-refractivity contribution >= 4 is 11.7 Å². The second kappa shape index (κ2) is 6.91. The molecule has 0 aliphatic carbocycles. The second-order valence-electron chi connectivity index (χ2n) is 5.78. The van der Waals surface area contributed by atoms with E-state index < -0.39 is 0 Å².